The predicted octanol–water partition coefficient (Wildman–Crippen LogP) is 0.548. The molecule has 0 radical (unpaired) electrons. The Bertz CT molecular complexity index is 1460. The molecule has 2 aliphatic heterocycles. The highest BCUT2D eigenvalue weighted by Gasteiger charge is 2.35. The standard InChI is InChI=1S/C30H31FN4O3/c1-38-27-11-6-19(16-20(27)18-34-12-14-35(15-13-34)22-9-7-21(31)8-10-22)28-29-24(17-26(33-28)30(36)37)23-4-2-3-5-25(23)32-29/h2-11,16,26,28,32-33H,12-15,17-18H2,1H3,(H,36,37)/p+1. The normalized spacial score (nSPS) is 19.9. The zero-order valence-electron chi connectivity index (χ0n) is 21.4. The number of carboxylic acid groups (broad SMARTS) is 1. The molecule has 38 heavy (non-hydrogen) atoms. The van der Waals surface area contributed by atoms with Crippen LogP contribution in [-0.2, 0) is 17.8 Å². The minimum atomic E-state index is -1.04. The number of carbonyl (C=O) groups excluding carboxylic acids is 1. The van der Waals surface area contributed by atoms with Crippen molar-refractivity contribution in [3.8, 4) is 5.75 Å². The van der Waals surface area contributed by atoms with Gasteiger partial charge in [-0.15, -0.1) is 0 Å². The lowest BCUT2D eigenvalue weighted by molar-refractivity contribution is -0.914. The molecule has 0 aliphatic carbocycles. The summed E-state index contributed by atoms with van der Waals surface area (Å²) in [5.41, 5.74) is 6.34. The Kier molecular flexibility index (Phi) is 6.51. The molecule has 7 nitrogen and oxygen atoms in total. The van der Waals surface area contributed by atoms with Gasteiger partial charge in [0.15, 0.2) is 6.04 Å². The number of halogens is 1. The molecule has 3 heterocycles. The molecule has 0 bridgehead atoms. The van der Waals surface area contributed by atoms with Crippen LogP contribution in [0.3, 0.4) is 0 Å². The molecule has 3 aromatic carbocycles. The van der Waals surface area contributed by atoms with Crippen molar-refractivity contribution in [2.45, 2.75) is 25.0 Å². The predicted molar refractivity (Wildman–Crippen MR) is 141 cm³/mol. The molecule has 0 amide bonds. The molecule has 4 N–H and O–H groups in total. The number of fused-ring (bicyclic) bond motifs is 3. The smallest absolute Gasteiger partial charge is 0.153 e. The van der Waals surface area contributed by atoms with E-state index in [0.29, 0.717) is 6.42 Å². The van der Waals surface area contributed by atoms with E-state index < -0.39 is 12.0 Å². The molecule has 1 saturated heterocycles. The first-order valence-electron chi connectivity index (χ1n) is 13.2. The number of benzene rings is 3. The van der Waals surface area contributed by atoms with Crippen LogP contribution < -0.4 is 25.0 Å². The molecule has 0 spiro atoms. The molecule has 2 aliphatic rings. The first-order chi connectivity index (χ1) is 18.5. The zero-order chi connectivity index (χ0) is 26.2. The van der Waals surface area contributed by atoms with Gasteiger partial charge < -0.3 is 34.7 Å². The van der Waals surface area contributed by atoms with Gasteiger partial charge in [0.2, 0.25) is 0 Å². The Balaban J connectivity index is 1.26. The number of carbonyl (C=O) groups is 1. The van der Waals surface area contributed by atoms with Crippen molar-refractivity contribution < 1.29 is 29.2 Å². The number of hydrogen-bond donors (Lipinski definition) is 3. The summed E-state index contributed by atoms with van der Waals surface area (Å²) in [6.07, 6.45) is 0.434. The zero-order valence-corrected chi connectivity index (χ0v) is 21.4. The summed E-state index contributed by atoms with van der Waals surface area (Å²) in [6, 6.07) is 20.1. The van der Waals surface area contributed by atoms with E-state index >= 15 is 0 Å². The average molecular weight is 516 g/mol. The molecule has 1 fully saturated rings. The Hall–Kier alpha value is -3.88. The SMILES string of the molecule is COc1ccc(C2[NH2+]C(C(=O)[O-])Cc3c2[nH]c2ccccc32)cc1C[NH+]1CCN(c2ccc(F)cc2)CC1. The summed E-state index contributed by atoms with van der Waals surface area (Å²) >= 11 is 0. The third kappa shape index (κ3) is 4.61. The van der Waals surface area contributed by atoms with Gasteiger partial charge in [-0.2, -0.15) is 0 Å². The van der Waals surface area contributed by atoms with Gasteiger partial charge in [-0.05, 0) is 54.1 Å². The average Bonchev–Trinajstić information content (AvgIpc) is 3.32. The number of para-hydroxylation sites is 1. The van der Waals surface area contributed by atoms with E-state index in [-0.39, 0.29) is 11.9 Å². The van der Waals surface area contributed by atoms with E-state index in [1.165, 1.54) is 17.0 Å². The van der Waals surface area contributed by atoms with Crippen molar-refractivity contribution in [3.63, 3.8) is 0 Å². The van der Waals surface area contributed by atoms with Crippen LogP contribution >= 0.6 is 0 Å². The van der Waals surface area contributed by atoms with Crippen molar-refractivity contribution in [1.29, 1.82) is 0 Å². The number of aliphatic carboxylic acids is 1. The number of quaternary nitrogens is 2. The van der Waals surface area contributed by atoms with Crippen molar-refractivity contribution in [1.82, 2.24) is 4.98 Å². The van der Waals surface area contributed by atoms with E-state index in [2.05, 4.69) is 16.0 Å². The Morgan fingerprint density at radius 3 is 2.63 bits per heavy atom. The highest BCUT2D eigenvalue weighted by Crippen LogP contribution is 2.33. The van der Waals surface area contributed by atoms with Crippen LogP contribution in [0.4, 0.5) is 10.1 Å². The molecule has 0 saturated carbocycles. The number of methoxy groups -OCH3 is 1. The number of piperazine rings is 1. The minimum Gasteiger partial charge on any atom is -0.544 e. The third-order valence-corrected chi connectivity index (χ3v) is 8.08. The first-order valence-corrected chi connectivity index (χ1v) is 13.2. The van der Waals surface area contributed by atoms with Crippen molar-refractivity contribution in [2.24, 2.45) is 0 Å². The first kappa shape index (κ1) is 24.5. The summed E-state index contributed by atoms with van der Waals surface area (Å²) in [5.74, 6) is -0.416. The second kappa shape index (κ2) is 10.1. The number of nitrogens with one attached hydrogen (secondary N) is 2. The van der Waals surface area contributed by atoms with E-state index in [9.17, 15) is 14.3 Å². The molecular weight excluding hydrogens is 483 g/mol. The van der Waals surface area contributed by atoms with Crippen LogP contribution in [0, 0.1) is 5.82 Å². The number of H-pyrrole nitrogens is 1. The van der Waals surface area contributed by atoms with Gasteiger partial charge in [-0.3, -0.25) is 0 Å². The number of hydrogen-bond acceptors (Lipinski definition) is 4. The van der Waals surface area contributed by atoms with Crippen LogP contribution in [-0.4, -0.2) is 50.3 Å². The number of nitrogens with zero attached hydrogens (tertiary/aromatic N) is 1. The van der Waals surface area contributed by atoms with Gasteiger partial charge in [-0.1, -0.05) is 18.2 Å². The number of rotatable bonds is 6. The van der Waals surface area contributed by atoms with E-state index in [4.69, 9.17) is 4.74 Å². The summed E-state index contributed by atoms with van der Waals surface area (Å²) < 4.78 is 19.0. The fourth-order valence-corrected chi connectivity index (χ4v) is 6.07. The van der Waals surface area contributed by atoms with Crippen LogP contribution in [0.2, 0.25) is 0 Å². The molecule has 196 valence electrons. The van der Waals surface area contributed by atoms with Crippen molar-refractivity contribution in [3.05, 3.63) is 94.9 Å². The second-order valence-corrected chi connectivity index (χ2v) is 10.3. The Labute approximate surface area is 220 Å². The third-order valence-electron chi connectivity index (χ3n) is 8.08. The van der Waals surface area contributed by atoms with E-state index in [0.717, 1.165) is 77.4 Å². The van der Waals surface area contributed by atoms with Gasteiger partial charge >= 0.3 is 0 Å². The van der Waals surface area contributed by atoms with Gasteiger partial charge in [0.25, 0.3) is 0 Å². The monoisotopic (exact) mass is 515 g/mol. The topological polar surface area (TPSA) is 89.4 Å². The maximum atomic E-state index is 13.3. The number of carboxylic acids is 1. The molecule has 4 aromatic rings. The number of aromatic nitrogens is 1. The fourth-order valence-electron chi connectivity index (χ4n) is 6.07. The van der Waals surface area contributed by atoms with Gasteiger partial charge in [0.05, 0.1) is 45.0 Å². The molecule has 6 rings (SSSR count). The van der Waals surface area contributed by atoms with Crippen LogP contribution in [0.15, 0.2) is 66.7 Å². The van der Waals surface area contributed by atoms with Gasteiger partial charge in [0.1, 0.15) is 24.2 Å². The number of anilines is 1. The molecule has 2 atom stereocenters. The summed E-state index contributed by atoms with van der Waals surface area (Å²) in [6.45, 7) is 4.51. The van der Waals surface area contributed by atoms with Crippen molar-refractivity contribution in [2.75, 3.05) is 38.2 Å². The fraction of sp³-hybridized carbons (Fsp3) is 0.300. The summed E-state index contributed by atoms with van der Waals surface area (Å²) in [5, 5.41) is 15.0. The number of aromatic amines is 1. The highest BCUT2D eigenvalue weighted by molar-refractivity contribution is 5.86. The number of ether oxygens (including phenoxy) is 1. The molecule has 8 heteroatoms. The van der Waals surface area contributed by atoms with Crippen molar-refractivity contribution >= 4 is 22.6 Å². The van der Waals surface area contributed by atoms with Crippen LogP contribution in [0.5, 0.6) is 5.75 Å². The maximum Gasteiger partial charge on any atom is 0.153 e. The minimum absolute atomic E-state index is 0.177. The summed E-state index contributed by atoms with van der Waals surface area (Å²) in [4.78, 5) is 19.3. The number of nitrogens with two attached hydrogens (primary N) is 1. The van der Waals surface area contributed by atoms with Gasteiger partial charge in [-0.25, -0.2) is 4.39 Å². The molecular formula is C30H32FN4O3+. The quantitative estimate of drug-likeness (QED) is 0.350. The summed E-state index contributed by atoms with van der Waals surface area (Å²) in [7, 11) is 1.69. The Morgan fingerprint density at radius 1 is 1.13 bits per heavy atom. The van der Waals surface area contributed by atoms with Crippen LogP contribution in [0.1, 0.15) is 28.4 Å². The molecule has 1 aromatic heterocycles. The lowest BCUT2D eigenvalue weighted by atomic mass is 9.89. The maximum absolute atomic E-state index is 13.3. The highest BCUT2D eigenvalue weighted by atomic mass is 19.1. The second-order valence-electron chi connectivity index (χ2n) is 10.3. The van der Waals surface area contributed by atoms with Gasteiger partial charge in [0, 0.05) is 34.1 Å². The lowest BCUT2D eigenvalue weighted by Gasteiger charge is -2.34. The largest absolute Gasteiger partial charge is 0.544 e. The van der Waals surface area contributed by atoms with E-state index in [1.807, 2.05) is 53.8 Å². The lowest BCUT2D eigenvalue weighted by Crippen LogP contribution is -3.13. The molecule has 2 unspecified atom stereocenters. The van der Waals surface area contributed by atoms with E-state index in [1.54, 1.807) is 7.11 Å². The van der Waals surface area contributed by atoms with Crippen LogP contribution in [0.25, 0.3) is 10.9 Å². The Morgan fingerprint density at radius 2 is 1.89 bits per heavy atom.